The molecule has 1 aromatic rings. The van der Waals surface area contributed by atoms with Gasteiger partial charge in [-0.1, -0.05) is 12.8 Å². The Labute approximate surface area is 129 Å². The molecule has 120 valence electrons. The van der Waals surface area contributed by atoms with Crippen molar-refractivity contribution in [2.75, 3.05) is 25.5 Å². The maximum Gasteiger partial charge on any atom is 0.255 e. The molecule has 0 spiro atoms. The summed E-state index contributed by atoms with van der Waals surface area (Å²) in [6.45, 7) is 1.39. The van der Waals surface area contributed by atoms with Gasteiger partial charge < -0.3 is 15.0 Å². The van der Waals surface area contributed by atoms with E-state index in [-0.39, 0.29) is 17.7 Å². The summed E-state index contributed by atoms with van der Waals surface area (Å²) in [5.41, 5.74) is 0. The summed E-state index contributed by atoms with van der Waals surface area (Å²) < 4.78 is 18.1. The van der Waals surface area contributed by atoms with Crippen LogP contribution in [0.3, 0.4) is 0 Å². The first kappa shape index (κ1) is 15.0. The Balaban J connectivity index is 1.55. The number of nitrogens with one attached hydrogen (secondary N) is 1. The van der Waals surface area contributed by atoms with Gasteiger partial charge in [0.25, 0.3) is 5.88 Å². The fourth-order valence-electron chi connectivity index (χ4n) is 3.33. The zero-order valence-corrected chi connectivity index (χ0v) is 12.7. The second kappa shape index (κ2) is 6.46. The number of carbonyl (C=O) groups is 1. The van der Waals surface area contributed by atoms with Crippen LogP contribution in [0.4, 0.5) is 10.3 Å². The van der Waals surface area contributed by atoms with Crippen molar-refractivity contribution in [3.63, 3.8) is 0 Å². The van der Waals surface area contributed by atoms with Gasteiger partial charge in [-0.15, -0.1) is 0 Å². The second-order valence-corrected chi connectivity index (χ2v) is 5.99. The molecule has 22 heavy (non-hydrogen) atoms. The maximum absolute atomic E-state index is 13.3. The fraction of sp³-hybridized carbons (Fsp3) is 0.667. The third-order valence-electron chi connectivity index (χ3n) is 4.46. The Morgan fingerprint density at radius 1 is 1.45 bits per heavy atom. The smallest absolute Gasteiger partial charge is 0.255 e. The molecule has 0 aromatic carbocycles. The molecule has 1 atom stereocenters. The Hall–Kier alpha value is -1.92. The lowest BCUT2D eigenvalue weighted by Gasteiger charge is -2.24. The van der Waals surface area contributed by atoms with Gasteiger partial charge in [0.2, 0.25) is 17.7 Å². The van der Waals surface area contributed by atoms with Crippen LogP contribution in [-0.4, -0.2) is 47.0 Å². The van der Waals surface area contributed by atoms with Crippen molar-refractivity contribution in [2.24, 2.45) is 5.92 Å². The fourth-order valence-corrected chi connectivity index (χ4v) is 3.33. The molecule has 0 unspecified atom stereocenters. The lowest BCUT2D eigenvalue weighted by atomic mass is 10.1. The number of amides is 1. The normalized spacial score (nSPS) is 22.4. The van der Waals surface area contributed by atoms with Gasteiger partial charge in [0.1, 0.15) is 0 Å². The minimum Gasteiger partial charge on any atom is -0.479 e. The van der Waals surface area contributed by atoms with E-state index in [9.17, 15) is 9.18 Å². The second-order valence-electron chi connectivity index (χ2n) is 5.99. The summed E-state index contributed by atoms with van der Waals surface area (Å²) in [5.74, 6) is 0.151. The van der Waals surface area contributed by atoms with E-state index in [1.165, 1.54) is 20.0 Å². The third kappa shape index (κ3) is 3.13. The predicted octanol–water partition coefficient (Wildman–Crippen LogP) is 1.83. The molecule has 2 aliphatic rings. The Morgan fingerprint density at radius 3 is 2.95 bits per heavy atom. The van der Waals surface area contributed by atoms with Gasteiger partial charge in [0, 0.05) is 31.5 Å². The van der Waals surface area contributed by atoms with Gasteiger partial charge in [-0.2, -0.15) is 9.37 Å². The Morgan fingerprint density at radius 2 is 2.23 bits per heavy atom. The van der Waals surface area contributed by atoms with E-state index in [4.69, 9.17) is 4.74 Å². The molecule has 1 aliphatic heterocycles. The van der Waals surface area contributed by atoms with Crippen LogP contribution < -0.4 is 10.1 Å². The summed E-state index contributed by atoms with van der Waals surface area (Å²) in [5, 5.41) is 3.07. The molecular formula is C15H21FN4O2. The molecule has 2 heterocycles. The first-order valence-corrected chi connectivity index (χ1v) is 7.77. The number of likely N-dealkylation sites (tertiary alicyclic amines) is 1. The molecule has 1 saturated carbocycles. The van der Waals surface area contributed by atoms with E-state index in [1.54, 1.807) is 0 Å². The first-order chi connectivity index (χ1) is 10.7. The average Bonchev–Trinajstić information content (AvgIpc) is 3.15. The molecule has 1 N–H and O–H groups in total. The predicted molar refractivity (Wildman–Crippen MR) is 79.1 cm³/mol. The molecule has 0 radical (unpaired) electrons. The van der Waals surface area contributed by atoms with Crippen LogP contribution >= 0.6 is 0 Å². The van der Waals surface area contributed by atoms with Gasteiger partial charge in [-0.3, -0.25) is 4.79 Å². The zero-order chi connectivity index (χ0) is 15.5. The minimum atomic E-state index is -0.587. The molecule has 3 rings (SSSR count). The number of rotatable bonds is 5. The van der Waals surface area contributed by atoms with Gasteiger partial charge in [-0.05, 0) is 12.8 Å². The molecule has 6 nitrogen and oxygen atoms in total. The van der Waals surface area contributed by atoms with Gasteiger partial charge in [0.15, 0.2) is 0 Å². The maximum atomic E-state index is 13.3. The number of hydrogen-bond acceptors (Lipinski definition) is 5. The quantitative estimate of drug-likeness (QED) is 0.899. The van der Waals surface area contributed by atoms with Crippen LogP contribution in [0.1, 0.15) is 32.1 Å². The highest BCUT2D eigenvalue weighted by atomic mass is 19.1. The highest BCUT2D eigenvalue weighted by Gasteiger charge is 2.35. The third-order valence-corrected chi connectivity index (χ3v) is 4.46. The topological polar surface area (TPSA) is 67.3 Å². The van der Waals surface area contributed by atoms with Crippen LogP contribution in [-0.2, 0) is 4.79 Å². The lowest BCUT2D eigenvalue weighted by molar-refractivity contribution is -0.129. The van der Waals surface area contributed by atoms with E-state index >= 15 is 0 Å². The summed E-state index contributed by atoms with van der Waals surface area (Å²) in [6, 6.07) is 0.430. The van der Waals surface area contributed by atoms with Crippen LogP contribution in [0.2, 0.25) is 0 Å². The number of ether oxygens (including phenoxy) is 1. The van der Waals surface area contributed by atoms with Crippen molar-refractivity contribution in [2.45, 2.75) is 38.1 Å². The van der Waals surface area contributed by atoms with E-state index in [0.717, 1.165) is 25.6 Å². The van der Waals surface area contributed by atoms with Crippen LogP contribution in [0, 0.1) is 11.7 Å². The lowest BCUT2D eigenvalue weighted by Crippen LogP contribution is -2.34. The first-order valence-electron chi connectivity index (χ1n) is 7.77. The summed E-state index contributed by atoms with van der Waals surface area (Å²) in [6.07, 6.45) is 6.34. The average molecular weight is 308 g/mol. The number of halogens is 1. The number of hydrogen-bond donors (Lipinski definition) is 1. The van der Waals surface area contributed by atoms with E-state index in [2.05, 4.69) is 15.3 Å². The standard InChI is InChI=1S/C15H21FN4O2/c1-22-14-12(16)8-18-15(19-14)17-7-10-6-13(21)20(9-10)11-4-2-3-5-11/h8,10-11H,2-7,9H2,1H3,(H,17,18,19)/t10-/m0/s1. The van der Waals surface area contributed by atoms with Crippen LogP contribution in [0.25, 0.3) is 0 Å². The number of carbonyl (C=O) groups excluding carboxylic acids is 1. The highest BCUT2D eigenvalue weighted by Crippen LogP contribution is 2.29. The molecule has 1 amide bonds. The number of methoxy groups -OCH3 is 1. The van der Waals surface area contributed by atoms with Crippen molar-refractivity contribution in [1.82, 2.24) is 14.9 Å². The monoisotopic (exact) mass is 308 g/mol. The largest absolute Gasteiger partial charge is 0.479 e. The van der Waals surface area contributed by atoms with Crippen LogP contribution in [0.5, 0.6) is 5.88 Å². The highest BCUT2D eigenvalue weighted by molar-refractivity contribution is 5.79. The minimum absolute atomic E-state index is 0.0763. The number of anilines is 1. The summed E-state index contributed by atoms with van der Waals surface area (Å²) in [7, 11) is 1.37. The molecule has 1 aliphatic carbocycles. The molecule has 1 aromatic heterocycles. The van der Waals surface area contributed by atoms with Crippen molar-refractivity contribution in [3.05, 3.63) is 12.0 Å². The summed E-state index contributed by atoms with van der Waals surface area (Å²) >= 11 is 0. The summed E-state index contributed by atoms with van der Waals surface area (Å²) in [4.78, 5) is 22.0. The molecular weight excluding hydrogens is 287 g/mol. The number of nitrogens with zero attached hydrogens (tertiary/aromatic N) is 3. The van der Waals surface area contributed by atoms with E-state index < -0.39 is 5.82 Å². The SMILES string of the molecule is COc1nc(NC[C@@H]2CC(=O)N(C3CCCC3)C2)ncc1F. The molecule has 2 fully saturated rings. The molecule has 1 saturated heterocycles. The van der Waals surface area contributed by atoms with Crippen LogP contribution in [0.15, 0.2) is 6.20 Å². The molecule has 7 heteroatoms. The van der Waals surface area contributed by atoms with Gasteiger partial charge in [0.05, 0.1) is 13.3 Å². The Kier molecular flexibility index (Phi) is 4.40. The number of aromatic nitrogens is 2. The van der Waals surface area contributed by atoms with E-state index in [1.807, 2.05) is 4.90 Å². The van der Waals surface area contributed by atoms with E-state index in [0.29, 0.717) is 25.0 Å². The van der Waals surface area contributed by atoms with Crippen molar-refractivity contribution in [1.29, 1.82) is 0 Å². The zero-order valence-electron chi connectivity index (χ0n) is 12.7. The van der Waals surface area contributed by atoms with Gasteiger partial charge >= 0.3 is 0 Å². The Bertz CT molecular complexity index is 548. The van der Waals surface area contributed by atoms with Crippen molar-refractivity contribution >= 4 is 11.9 Å². The van der Waals surface area contributed by atoms with Crippen molar-refractivity contribution in [3.8, 4) is 5.88 Å². The van der Waals surface area contributed by atoms with Crippen molar-refractivity contribution < 1.29 is 13.9 Å². The van der Waals surface area contributed by atoms with Gasteiger partial charge in [-0.25, -0.2) is 4.98 Å². The molecule has 0 bridgehead atoms.